The quantitative estimate of drug-likeness (QED) is 0.604. The maximum atomic E-state index is 5.43. The van der Waals surface area contributed by atoms with Gasteiger partial charge in [0.05, 0.1) is 6.04 Å². The lowest BCUT2D eigenvalue weighted by atomic mass is 10.00. The molecule has 1 atom stereocenters. The van der Waals surface area contributed by atoms with Crippen molar-refractivity contribution in [2.24, 2.45) is 5.41 Å². The fourth-order valence-corrected chi connectivity index (χ4v) is 1.28. The van der Waals surface area contributed by atoms with Crippen molar-refractivity contribution < 1.29 is 0 Å². The van der Waals surface area contributed by atoms with Gasteiger partial charge in [-0.1, -0.05) is 19.8 Å². The van der Waals surface area contributed by atoms with Crippen molar-refractivity contribution in [2.75, 3.05) is 6.54 Å². The summed E-state index contributed by atoms with van der Waals surface area (Å²) in [5, 5.41) is 3.39. The minimum Gasteiger partial charge on any atom is -0.303 e. The molecule has 11 heavy (non-hydrogen) atoms. The second kappa shape index (κ2) is 3.28. The highest BCUT2D eigenvalue weighted by Crippen LogP contribution is 2.47. The largest absolute Gasteiger partial charge is 0.303 e. The smallest absolute Gasteiger partial charge is 0.0741 e. The second-order valence-electron chi connectivity index (χ2n) is 3.71. The number of rotatable bonds is 4. The summed E-state index contributed by atoms with van der Waals surface area (Å²) < 4.78 is 0. The fraction of sp³-hybridized carbons (Fsp3) is 0.800. The van der Waals surface area contributed by atoms with Crippen molar-refractivity contribution >= 4 is 0 Å². The summed E-state index contributed by atoms with van der Waals surface area (Å²) in [4.78, 5) is 0. The van der Waals surface area contributed by atoms with Gasteiger partial charge in [0.25, 0.3) is 0 Å². The zero-order valence-corrected chi connectivity index (χ0v) is 7.48. The van der Waals surface area contributed by atoms with Crippen LogP contribution < -0.4 is 5.32 Å². The second-order valence-corrected chi connectivity index (χ2v) is 3.71. The normalized spacial score (nSPS) is 22.3. The standard InChI is InChI=1S/C10H17N/c1-4-8-11-9(5-2)10(3)6-7-10/h2,9,11H,4,6-8H2,1,3H3. The first kappa shape index (κ1) is 8.62. The highest BCUT2D eigenvalue weighted by Gasteiger charge is 2.43. The van der Waals surface area contributed by atoms with Crippen LogP contribution in [0.2, 0.25) is 0 Å². The van der Waals surface area contributed by atoms with E-state index in [1.54, 1.807) is 0 Å². The Bertz CT molecular complexity index is 162. The average molecular weight is 151 g/mol. The van der Waals surface area contributed by atoms with Crippen LogP contribution in [0.4, 0.5) is 0 Å². The third kappa shape index (κ3) is 1.97. The molecule has 0 aromatic heterocycles. The Morgan fingerprint density at radius 3 is 2.64 bits per heavy atom. The predicted molar refractivity (Wildman–Crippen MR) is 48.3 cm³/mol. The molecule has 0 aromatic carbocycles. The van der Waals surface area contributed by atoms with Crippen molar-refractivity contribution in [3.63, 3.8) is 0 Å². The molecule has 0 radical (unpaired) electrons. The molecular weight excluding hydrogens is 134 g/mol. The Balaban J connectivity index is 2.33. The zero-order valence-electron chi connectivity index (χ0n) is 7.48. The Hall–Kier alpha value is -0.480. The van der Waals surface area contributed by atoms with Crippen molar-refractivity contribution in [2.45, 2.75) is 39.2 Å². The van der Waals surface area contributed by atoms with Crippen LogP contribution in [0.1, 0.15) is 33.1 Å². The number of nitrogens with one attached hydrogen (secondary N) is 1. The van der Waals surface area contributed by atoms with Crippen LogP contribution in [0, 0.1) is 17.8 Å². The summed E-state index contributed by atoms with van der Waals surface area (Å²) >= 11 is 0. The molecule has 1 unspecified atom stereocenters. The van der Waals surface area contributed by atoms with Gasteiger partial charge in [0, 0.05) is 0 Å². The minimum absolute atomic E-state index is 0.308. The van der Waals surface area contributed by atoms with Gasteiger partial charge in [-0.15, -0.1) is 6.42 Å². The van der Waals surface area contributed by atoms with Crippen LogP contribution in [-0.4, -0.2) is 12.6 Å². The van der Waals surface area contributed by atoms with Crippen LogP contribution in [0.25, 0.3) is 0 Å². The predicted octanol–water partition coefficient (Wildman–Crippen LogP) is 1.79. The van der Waals surface area contributed by atoms with Gasteiger partial charge >= 0.3 is 0 Å². The molecule has 0 spiro atoms. The first-order chi connectivity index (χ1) is 5.23. The van der Waals surface area contributed by atoms with E-state index in [4.69, 9.17) is 6.42 Å². The SMILES string of the molecule is C#CC(NCCC)C1(C)CC1. The number of hydrogen-bond donors (Lipinski definition) is 1. The summed E-state index contributed by atoms with van der Waals surface area (Å²) in [5.41, 5.74) is 0.421. The lowest BCUT2D eigenvalue weighted by Gasteiger charge is -2.18. The van der Waals surface area contributed by atoms with Crippen LogP contribution in [-0.2, 0) is 0 Å². The molecule has 1 aliphatic rings. The molecule has 0 bridgehead atoms. The molecule has 1 rings (SSSR count). The lowest BCUT2D eigenvalue weighted by Crippen LogP contribution is -2.35. The summed E-state index contributed by atoms with van der Waals surface area (Å²) in [6, 6.07) is 0.308. The Labute approximate surface area is 69.6 Å². The molecule has 0 amide bonds. The Kier molecular flexibility index (Phi) is 2.57. The van der Waals surface area contributed by atoms with Gasteiger partial charge in [-0.05, 0) is 31.2 Å². The van der Waals surface area contributed by atoms with Crippen LogP contribution in [0.3, 0.4) is 0 Å². The molecule has 0 aliphatic heterocycles. The highest BCUT2D eigenvalue weighted by molar-refractivity contribution is 5.12. The number of hydrogen-bond acceptors (Lipinski definition) is 1. The average Bonchev–Trinajstić information content (AvgIpc) is 2.71. The van der Waals surface area contributed by atoms with Gasteiger partial charge in [-0.25, -0.2) is 0 Å². The fourth-order valence-electron chi connectivity index (χ4n) is 1.28. The first-order valence-corrected chi connectivity index (χ1v) is 4.42. The van der Waals surface area contributed by atoms with Crippen molar-refractivity contribution in [3.05, 3.63) is 0 Å². The van der Waals surface area contributed by atoms with Crippen LogP contribution in [0.5, 0.6) is 0 Å². The van der Waals surface area contributed by atoms with Gasteiger partial charge in [-0.2, -0.15) is 0 Å². The molecule has 1 heteroatoms. The third-order valence-electron chi connectivity index (χ3n) is 2.50. The van der Waals surface area contributed by atoms with Crippen LogP contribution >= 0.6 is 0 Å². The molecule has 1 nitrogen and oxygen atoms in total. The van der Waals surface area contributed by atoms with E-state index in [0.717, 1.165) is 13.0 Å². The van der Waals surface area contributed by atoms with Gasteiger partial charge < -0.3 is 5.32 Å². The van der Waals surface area contributed by atoms with Gasteiger partial charge in [0.2, 0.25) is 0 Å². The zero-order chi connectivity index (χ0) is 8.32. The maximum Gasteiger partial charge on any atom is 0.0741 e. The molecule has 1 N–H and O–H groups in total. The van der Waals surface area contributed by atoms with Crippen LogP contribution in [0.15, 0.2) is 0 Å². The van der Waals surface area contributed by atoms with E-state index in [0.29, 0.717) is 11.5 Å². The van der Waals surface area contributed by atoms with E-state index in [2.05, 4.69) is 25.1 Å². The van der Waals surface area contributed by atoms with Crippen molar-refractivity contribution in [1.82, 2.24) is 5.32 Å². The Morgan fingerprint density at radius 2 is 2.27 bits per heavy atom. The monoisotopic (exact) mass is 151 g/mol. The van der Waals surface area contributed by atoms with Crippen molar-refractivity contribution in [3.8, 4) is 12.3 Å². The van der Waals surface area contributed by atoms with E-state index >= 15 is 0 Å². The maximum absolute atomic E-state index is 5.43. The molecule has 62 valence electrons. The lowest BCUT2D eigenvalue weighted by molar-refractivity contribution is 0.428. The van der Waals surface area contributed by atoms with Gasteiger partial charge in [0.15, 0.2) is 0 Å². The summed E-state index contributed by atoms with van der Waals surface area (Å²) in [6.07, 6.45) is 9.17. The van der Waals surface area contributed by atoms with Gasteiger partial charge in [0.1, 0.15) is 0 Å². The topological polar surface area (TPSA) is 12.0 Å². The van der Waals surface area contributed by atoms with Gasteiger partial charge in [-0.3, -0.25) is 0 Å². The van der Waals surface area contributed by atoms with Crippen molar-refractivity contribution in [1.29, 1.82) is 0 Å². The first-order valence-electron chi connectivity index (χ1n) is 4.42. The minimum atomic E-state index is 0.308. The molecular formula is C10H17N. The summed E-state index contributed by atoms with van der Waals surface area (Å²) in [5.74, 6) is 2.83. The third-order valence-corrected chi connectivity index (χ3v) is 2.50. The summed E-state index contributed by atoms with van der Waals surface area (Å²) in [6.45, 7) is 5.47. The van der Waals surface area contributed by atoms with E-state index in [1.807, 2.05) is 0 Å². The van der Waals surface area contributed by atoms with E-state index in [-0.39, 0.29) is 0 Å². The summed E-state index contributed by atoms with van der Waals surface area (Å²) in [7, 11) is 0. The molecule has 0 aromatic rings. The van der Waals surface area contributed by atoms with E-state index < -0.39 is 0 Å². The molecule has 1 aliphatic carbocycles. The van der Waals surface area contributed by atoms with E-state index in [1.165, 1.54) is 12.8 Å². The molecule has 1 saturated carbocycles. The highest BCUT2D eigenvalue weighted by atomic mass is 14.9. The Morgan fingerprint density at radius 1 is 1.64 bits per heavy atom. The molecule has 1 fully saturated rings. The molecule has 0 saturated heterocycles. The number of terminal acetylenes is 1. The van der Waals surface area contributed by atoms with E-state index in [9.17, 15) is 0 Å². The molecule has 0 heterocycles.